The third-order valence-corrected chi connectivity index (χ3v) is 4.36. The number of methoxy groups -OCH3 is 2. The van der Waals surface area contributed by atoms with Crippen molar-refractivity contribution in [3.05, 3.63) is 107 Å². The zero-order valence-corrected chi connectivity index (χ0v) is 17.5. The van der Waals surface area contributed by atoms with Crippen molar-refractivity contribution in [1.29, 1.82) is 0 Å². The van der Waals surface area contributed by atoms with Gasteiger partial charge in [-0.05, 0) is 12.1 Å². The van der Waals surface area contributed by atoms with Crippen LogP contribution in [0.3, 0.4) is 0 Å². The summed E-state index contributed by atoms with van der Waals surface area (Å²) in [6.07, 6.45) is 4.05. The van der Waals surface area contributed by atoms with E-state index in [9.17, 15) is 0 Å². The Bertz CT molecular complexity index is 1000. The Morgan fingerprint density at radius 2 is 1.46 bits per heavy atom. The van der Waals surface area contributed by atoms with E-state index in [1.165, 1.54) is 0 Å². The first-order valence-corrected chi connectivity index (χ1v) is 8.83. The molecule has 0 spiro atoms. The van der Waals surface area contributed by atoms with Crippen LogP contribution in [0.15, 0.2) is 72.8 Å². The van der Waals surface area contributed by atoms with Gasteiger partial charge in [0.25, 0.3) is 0 Å². The quantitative estimate of drug-likeness (QED) is 0.410. The van der Waals surface area contributed by atoms with Gasteiger partial charge in [-0.15, -0.1) is 42.3 Å². The second-order valence-corrected chi connectivity index (χ2v) is 6.04. The minimum atomic E-state index is 0. The van der Waals surface area contributed by atoms with Crippen LogP contribution in [0.1, 0.15) is 11.1 Å². The second-order valence-electron chi connectivity index (χ2n) is 6.04. The Morgan fingerprint density at radius 3 is 2.04 bits per heavy atom. The predicted molar refractivity (Wildman–Crippen MR) is 111 cm³/mol. The molecule has 4 heteroatoms. The van der Waals surface area contributed by atoms with Gasteiger partial charge in [-0.3, -0.25) is 0 Å². The molecule has 146 valence electrons. The molecule has 0 fully saturated rings. The normalized spacial score (nSPS) is 12.0. The van der Waals surface area contributed by atoms with E-state index in [-0.39, 0.29) is 27.0 Å². The molecule has 3 rings (SSSR count). The third kappa shape index (κ3) is 5.05. The summed E-state index contributed by atoms with van der Waals surface area (Å²) in [7, 11) is 3.26. The number of hydrogen-bond donors (Lipinski definition) is 0. The number of nitrogens with one attached hydrogen (secondary N) is 1. The van der Waals surface area contributed by atoms with Gasteiger partial charge in [-0.1, -0.05) is 64.5 Å². The van der Waals surface area contributed by atoms with Crippen LogP contribution in [-0.4, -0.2) is 20.8 Å². The molecule has 0 saturated heterocycles. The first-order chi connectivity index (χ1) is 13.3. The topological polar surface area (TPSA) is 42.3 Å². The fourth-order valence-electron chi connectivity index (χ4n) is 3.06. The van der Waals surface area contributed by atoms with Crippen LogP contribution in [0, 0.1) is 6.42 Å². The van der Waals surface area contributed by atoms with Crippen molar-refractivity contribution in [2.45, 2.75) is 0 Å². The molecule has 0 saturated carbocycles. The van der Waals surface area contributed by atoms with Gasteiger partial charge in [0.05, 0.1) is 14.2 Å². The molecular weight excluding hydrogens is 441 g/mol. The van der Waals surface area contributed by atoms with E-state index in [0.717, 1.165) is 27.1 Å². The average molecular weight is 464 g/mol. The van der Waals surface area contributed by atoms with Crippen molar-refractivity contribution in [2.24, 2.45) is 0 Å². The fraction of sp³-hybridized carbons (Fsp3) is 0.125. The summed E-state index contributed by atoms with van der Waals surface area (Å²) in [6.45, 7) is 0.190. The van der Waals surface area contributed by atoms with Crippen molar-refractivity contribution < 1.29 is 29.9 Å². The van der Waals surface area contributed by atoms with Gasteiger partial charge in [-0.2, -0.15) is 0 Å². The number of ether oxygens (including phenoxy) is 2. The largest absolute Gasteiger partial charge is 2.00 e. The molecule has 0 bridgehead atoms. The van der Waals surface area contributed by atoms with Crippen LogP contribution in [0.4, 0.5) is 0 Å². The van der Waals surface area contributed by atoms with E-state index in [2.05, 4.69) is 30.7 Å². The molecule has 3 nitrogen and oxygen atoms in total. The summed E-state index contributed by atoms with van der Waals surface area (Å²) in [5.74, 6) is 1.33. The van der Waals surface area contributed by atoms with Gasteiger partial charge in [0.1, 0.15) is 0 Å². The van der Waals surface area contributed by atoms with Gasteiger partial charge < -0.3 is 15.2 Å². The van der Waals surface area contributed by atoms with Gasteiger partial charge in [0, 0.05) is 0 Å². The Hall–Kier alpha value is -2.51. The predicted octanol–water partition coefficient (Wildman–Crippen LogP) is 3.99. The minimum absolute atomic E-state index is 0. The van der Waals surface area contributed by atoms with E-state index >= 15 is 0 Å². The van der Waals surface area contributed by atoms with E-state index in [0.29, 0.717) is 11.5 Å². The zero-order chi connectivity index (χ0) is 19.1. The zero-order valence-electron chi connectivity index (χ0n) is 15.9. The van der Waals surface area contributed by atoms with Gasteiger partial charge in [0.2, 0.25) is 0 Å². The van der Waals surface area contributed by atoms with Crippen LogP contribution in [-0.2, 0) is 20.4 Å². The van der Waals surface area contributed by atoms with Crippen molar-refractivity contribution in [2.75, 3.05) is 20.8 Å². The molecule has 0 aliphatic carbocycles. The Balaban J connectivity index is 0.00000280. The maximum absolute atomic E-state index is 7.68. The summed E-state index contributed by atoms with van der Waals surface area (Å²) in [6, 6.07) is 24.4. The number of benzene rings is 3. The van der Waals surface area contributed by atoms with Gasteiger partial charge in [-0.25, -0.2) is 0 Å². The van der Waals surface area contributed by atoms with E-state index in [4.69, 9.17) is 15.2 Å². The standard InChI is InChI=1S/C24H23NO2.Pd/c1-26-23-16-20(13-14-25)22(17-24(23)27-2)21(19-11-7-4-8-12-19)15-18-9-5-3-6-10-18;/h3-13,15-17,25H,14H2,1-2H3;/q-2;+2/b20-13-,22-21+;. The summed E-state index contributed by atoms with van der Waals surface area (Å²) >= 11 is 0. The molecule has 0 aliphatic rings. The summed E-state index contributed by atoms with van der Waals surface area (Å²) < 4.78 is 11.0. The monoisotopic (exact) mass is 463 g/mol. The van der Waals surface area contributed by atoms with Crippen molar-refractivity contribution >= 4 is 11.6 Å². The van der Waals surface area contributed by atoms with Crippen LogP contribution in [0.5, 0.6) is 11.5 Å². The molecule has 0 aromatic heterocycles. The summed E-state index contributed by atoms with van der Waals surface area (Å²) in [5, 5.41) is 1.96. The summed E-state index contributed by atoms with van der Waals surface area (Å²) in [4.78, 5) is 0. The maximum atomic E-state index is 7.68. The molecule has 28 heavy (non-hydrogen) atoms. The summed E-state index contributed by atoms with van der Waals surface area (Å²) in [5.41, 5.74) is 11.0. The van der Waals surface area contributed by atoms with E-state index < -0.39 is 0 Å². The molecule has 0 heterocycles. The Morgan fingerprint density at radius 1 is 0.893 bits per heavy atom. The third-order valence-electron chi connectivity index (χ3n) is 4.36. The molecule has 3 aromatic carbocycles. The minimum Gasteiger partial charge on any atom is -0.674 e. The molecule has 0 aliphatic heterocycles. The van der Waals surface area contributed by atoms with Crippen LogP contribution in [0.25, 0.3) is 17.4 Å². The van der Waals surface area contributed by atoms with Crippen molar-refractivity contribution in [3.63, 3.8) is 0 Å². The molecule has 3 aromatic rings. The number of rotatable bonds is 6. The molecule has 0 unspecified atom stereocenters. The second kappa shape index (κ2) is 10.7. The Labute approximate surface area is 180 Å². The number of hydrogen-bond acceptors (Lipinski definition) is 2. The van der Waals surface area contributed by atoms with Crippen molar-refractivity contribution in [1.82, 2.24) is 0 Å². The van der Waals surface area contributed by atoms with E-state index in [1.807, 2.05) is 54.6 Å². The van der Waals surface area contributed by atoms with Crippen LogP contribution < -0.4 is 19.9 Å². The Kier molecular flexibility index (Phi) is 8.35. The smallest absolute Gasteiger partial charge is 0.674 e. The SMILES string of the molecule is COc1cc(=C/C[NH-])/c(=C(\[CH-]c2ccccc2)c2ccccc2)cc1OC.[Pd+2]. The van der Waals surface area contributed by atoms with Gasteiger partial charge >= 0.3 is 20.4 Å². The molecule has 0 amide bonds. The fourth-order valence-corrected chi connectivity index (χ4v) is 3.06. The average Bonchev–Trinajstić information content (AvgIpc) is 2.73. The maximum Gasteiger partial charge on any atom is 2.00 e. The van der Waals surface area contributed by atoms with Crippen LogP contribution in [0.2, 0.25) is 0 Å². The first-order valence-electron chi connectivity index (χ1n) is 8.83. The van der Waals surface area contributed by atoms with Crippen LogP contribution >= 0.6 is 0 Å². The molecule has 1 N–H and O–H groups in total. The molecule has 0 radical (unpaired) electrons. The first kappa shape index (κ1) is 21.8. The van der Waals surface area contributed by atoms with E-state index in [1.54, 1.807) is 14.2 Å². The van der Waals surface area contributed by atoms with Gasteiger partial charge in [0.15, 0.2) is 11.5 Å². The molecule has 0 atom stereocenters. The van der Waals surface area contributed by atoms with Crippen molar-refractivity contribution in [3.8, 4) is 11.5 Å². The molecular formula is C24H23NO2Pd.